The first kappa shape index (κ1) is 13.5. The minimum absolute atomic E-state index is 0. The van der Waals surface area contributed by atoms with Gasteiger partial charge in [-0.2, -0.15) is 0 Å². The summed E-state index contributed by atoms with van der Waals surface area (Å²) in [5.41, 5.74) is 5.54. The maximum Gasteiger partial charge on any atom is 1.00 e. The molecule has 0 radical (unpaired) electrons. The van der Waals surface area contributed by atoms with Crippen molar-refractivity contribution in [2.75, 3.05) is 7.11 Å². The van der Waals surface area contributed by atoms with Crippen LogP contribution < -0.4 is 29.7 Å². The van der Waals surface area contributed by atoms with Crippen molar-refractivity contribution in [1.29, 1.82) is 0 Å². The molecule has 0 saturated heterocycles. The summed E-state index contributed by atoms with van der Waals surface area (Å²) in [7, 11) is 1.34. The van der Waals surface area contributed by atoms with Crippen molar-refractivity contribution in [3.05, 3.63) is 12.0 Å². The second-order valence-electron chi connectivity index (χ2n) is 2.51. The molecule has 0 aliphatic heterocycles. The van der Waals surface area contributed by atoms with Crippen molar-refractivity contribution >= 4 is 0 Å². The van der Waals surface area contributed by atoms with E-state index in [0.29, 0.717) is 0 Å². The van der Waals surface area contributed by atoms with Crippen molar-refractivity contribution in [3.8, 4) is 0 Å². The third-order valence-electron chi connectivity index (χ3n) is 1.30. The second-order valence-corrected chi connectivity index (χ2v) is 2.51. The molecule has 0 saturated carbocycles. The summed E-state index contributed by atoms with van der Waals surface area (Å²) in [5, 5.41) is 10.6. The van der Waals surface area contributed by atoms with Crippen LogP contribution in [0.15, 0.2) is 12.0 Å². The Labute approximate surface area is 79.8 Å². The van der Waals surface area contributed by atoms with Gasteiger partial charge in [0.1, 0.15) is 0 Å². The van der Waals surface area contributed by atoms with E-state index in [2.05, 4.69) is 4.74 Å². The molecule has 0 bridgehead atoms. The van der Waals surface area contributed by atoms with Crippen molar-refractivity contribution < 1.29 is 28.7 Å². The summed E-state index contributed by atoms with van der Waals surface area (Å²) in [6, 6.07) is -0.201. The van der Waals surface area contributed by atoms with Gasteiger partial charge in [-0.3, -0.25) is 0 Å². The Hall–Kier alpha value is -0.103. The van der Waals surface area contributed by atoms with Gasteiger partial charge in [0.05, 0.1) is 0 Å². The van der Waals surface area contributed by atoms with E-state index in [1.807, 2.05) is 13.8 Å². The van der Waals surface area contributed by atoms with Gasteiger partial charge in [0.15, 0.2) is 0 Å². The zero-order chi connectivity index (χ0) is 8.15. The van der Waals surface area contributed by atoms with Gasteiger partial charge in [-0.25, -0.2) is 0 Å². The summed E-state index contributed by atoms with van der Waals surface area (Å²) in [6.07, 6.45) is 1.38. The van der Waals surface area contributed by atoms with Gasteiger partial charge in [0.25, 0.3) is 0 Å². The van der Waals surface area contributed by atoms with E-state index in [0.717, 1.165) is 0 Å². The molecule has 1 atom stereocenters. The van der Waals surface area contributed by atoms with Crippen molar-refractivity contribution in [1.82, 2.24) is 0 Å². The molecule has 0 heterocycles. The first-order chi connectivity index (χ1) is 4.57. The number of hydrogen-bond acceptors (Lipinski definition) is 3. The molecule has 0 spiro atoms. The molecule has 3 nitrogen and oxygen atoms in total. The average Bonchev–Trinajstić information content (AvgIpc) is 1.87. The topological polar surface area (TPSA) is 58.3 Å². The Morgan fingerprint density at radius 2 is 2.00 bits per heavy atom. The Kier molecular flexibility index (Phi) is 8.09. The normalized spacial score (nSPS) is 14.1. The van der Waals surface area contributed by atoms with Gasteiger partial charge in [0, 0.05) is 12.0 Å². The molecule has 0 aromatic carbocycles. The zero-order valence-electron chi connectivity index (χ0n) is 7.63. The van der Waals surface area contributed by atoms with Crippen molar-refractivity contribution in [2.24, 2.45) is 11.7 Å². The van der Waals surface area contributed by atoms with Crippen LogP contribution in [0.3, 0.4) is 0 Å². The summed E-state index contributed by atoms with van der Waals surface area (Å²) >= 11 is 0. The number of hydrogen-bond donors (Lipinski definition) is 1. The molecule has 1 unspecified atom stereocenters. The molecular weight excluding hydrogens is 137 g/mol. The fourth-order valence-electron chi connectivity index (χ4n) is 0.418. The van der Waals surface area contributed by atoms with E-state index in [1.54, 1.807) is 0 Å². The SMILES string of the molecule is CO/C([O-])=C/C(N)C(C)C.[Li+]. The largest absolute Gasteiger partial charge is 1.00 e. The van der Waals surface area contributed by atoms with E-state index < -0.39 is 0 Å². The van der Waals surface area contributed by atoms with Crippen molar-refractivity contribution in [3.63, 3.8) is 0 Å². The van der Waals surface area contributed by atoms with E-state index in [1.165, 1.54) is 13.2 Å². The third kappa shape index (κ3) is 6.30. The molecule has 0 amide bonds. The summed E-state index contributed by atoms with van der Waals surface area (Å²) in [5.74, 6) is -0.0831. The zero-order valence-corrected chi connectivity index (χ0v) is 7.63. The van der Waals surface area contributed by atoms with Gasteiger partial charge in [-0.1, -0.05) is 13.8 Å². The smallest absolute Gasteiger partial charge is 0.617 e. The van der Waals surface area contributed by atoms with Gasteiger partial charge in [0.2, 0.25) is 0 Å². The van der Waals surface area contributed by atoms with Gasteiger partial charge >= 0.3 is 18.9 Å². The average molecular weight is 151 g/mol. The van der Waals surface area contributed by atoms with Crippen LogP contribution in [0.4, 0.5) is 0 Å². The van der Waals surface area contributed by atoms with E-state index in [4.69, 9.17) is 5.73 Å². The first-order valence-electron chi connectivity index (χ1n) is 3.26. The molecule has 0 aromatic heterocycles. The fourth-order valence-corrected chi connectivity index (χ4v) is 0.418. The maximum atomic E-state index is 10.6. The van der Waals surface area contributed by atoms with Crippen LogP contribution >= 0.6 is 0 Å². The van der Waals surface area contributed by atoms with Crippen molar-refractivity contribution in [2.45, 2.75) is 19.9 Å². The molecule has 2 N–H and O–H groups in total. The van der Waals surface area contributed by atoms with Crippen LogP contribution in [0.1, 0.15) is 13.8 Å². The molecule has 0 rings (SSSR count). The van der Waals surface area contributed by atoms with Crippen LogP contribution in [0.2, 0.25) is 0 Å². The van der Waals surface area contributed by atoms with E-state index in [-0.39, 0.29) is 36.8 Å². The molecule has 4 heteroatoms. The van der Waals surface area contributed by atoms with Crippen LogP contribution in [-0.2, 0) is 4.74 Å². The van der Waals surface area contributed by atoms with Gasteiger partial charge < -0.3 is 15.6 Å². The molecular formula is C7H14LiNO2. The van der Waals surface area contributed by atoms with Crippen LogP contribution in [0, 0.1) is 5.92 Å². The Morgan fingerprint density at radius 1 is 1.55 bits per heavy atom. The second kappa shape index (κ2) is 6.60. The van der Waals surface area contributed by atoms with Crippen LogP contribution in [0.5, 0.6) is 0 Å². The molecule has 0 aromatic rings. The predicted octanol–water partition coefficient (Wildman–Crippen LogP) is -3.18. The van der Waals surface area contributed by atoms with Crippen LogP contribution in [-0.4, -0.2) is 13.2 Å². The fraction of sp³-hybridized carbons (Fsp3) is 0.714. The van der Waals surface area contributed by atoms with Gasteiger partial charge in [-0.05, 0) is 19.1 Å². The van der Waals surface area contributed by atoms with Crippen LogP contribution in [0.25, 0.3) is 0 Å². The summed E-state index contributed by atoms with van der Waals surface area (Å²) in [4.78, 5) is 0. The Morgan fingerprint density at radius 3 is 2.27 bits per heavy atom. The number of rotatable bonds is 3. The Bertz CT molecular complexity index is 126. The van der Waals surface area contributed by atoms with Gasteiger partial charge in [-0.15, -0.1) is 0 Å². The summed E-state index contributed by atoms with van der Waals surface area (Å²) < 4.78 is 4.40. The molecule has 60 valence electrons. The number of nitrogens with two attached hydrogens (primary N) is 1. The quantitative estimate of drug-likeness (QED) is 0.342. The third-order valence-corrected chi connectivity index (χ3v) is 1.30. The van der Waals surface area contributed by atoms with E-state index in [9.17, 15) is 5.11 Å². The minimum atomic E-state index is -0.360. The molecule has 0 fully saturated rings. The predicted molar refractivity (Wildman–Crippen MR) is 37.9 cm³/mol. The minimum Gasteiger partial charge on any atom is -0.617 e. The molecule has 0 aliphatic carbocycles. The first-order valence-corrected chi connectivity index (χ1v) is 3.26. The monoisotopic (exact) mass is 151 g/mol. The van der Waals surface area contributed by atoms with E-state index >= 15 is 0 Å². The maximum absolute atomic E-state index is 10.6. The number of methoxy groups -OCH3 is 1. The number of ether oxygens (including phenoxy) is 1. The summed E-state index contributed by atoms with van der Waals surface area (Å²) in [6.45, 7) is 3.90. The Balaban J connectivity index is 0. The molecule has 0 aliphatic rings. The standard InChI is InChI=1S/C7H15NO2.Li/c1-5(2)6(8)4-7(9)10-3;/h4-6,9H,8H2,1-3H3;/q;+1/p-1/b7-4+;. The molecule has 11 heavy (non-hydrogen) atoms.